The van der Waals surface area contributed by atoms with Crippen molar-refractivity contribution in [1.82, 2.24) is 4.57 Å². The lowest BCUT2D eigenvalue weighted by Gasteiger charge is -2.17. The van der Waals surface area contributed by atoms with Crippen molar-refractivity contribution in [3.05, 3.63) is 36.0 Å². The fraction of sp³-hybridized carbons (Fsp3) is 0.500. The molecule has 2 nitrogen and oxygen atoms in total. The highest BCUT2D eigenvalue weighted by Gasteiger charge is 2.20. The minimum absolute atomic E-state index is 0.720. The Balaban J connectivity index is 2.05. The minimum Gasteiger partial charge on any atom is -0.342 e. The fourth-order valence-electron chi connectivity index (χ4n) is 3.30. The predicted molar refractivity (Wildman–Crippen MR) is 76.8 cm³/mol. The van der Waals surface area contributed by atoms with Crippen LogP contribution in [0.25, 0.3) is 10.9 Å². The van der Waals surface area contributed by atoms with Gasteiger partial charge in [0.2, 0.25) is 0 Å². The van der Waals surface area contributed by atoms with Crippen molar-refractivity contribution >= 4 is 10.9 Å². The van der Waals surface area contributed by atoms with Crippen molar-refractivity contribution in [2.75, 3.05) is 6.54 Å². The van der Waals surface area contributed by atoms with Crippen molar-refractivity contribution in [2.24, 2.45) is 5.73 Å². The van der Waals surface area contributed by atoms with Crippen LogP contribution in [0.1, 0.15) is 43.8 Å². The molecule has 18 heavy (non-hydrogen) atoms. The van der Waals surface area contributed by atoms with Gasteiger partial charge in [-0.2, -0.15) is 0 Å². The highest BCUT2D eigenvalue weighted by molar-refractivity contribution is 5.81. The first kappa shape index (κ1) is 11.8. The van der Waals surface area contributed by atoms with Gasteiger partial charge in [0.05, 0.1) is 0 Å². The van der Waals surface area contributed by atoms with E-state index in [9.17, 15) is 0 Å². The number of fused-ring (bicyclic) bond motifs is 1. The van der Waals surface area contributed by atoms with Crippen molar-refractivity contribution in [1.29, 1.82) is 0 Å². The molecule has 2 aromatic rings. The van der Waals surface area contributed by atoms with Crippen LogP contribution >= 0.6 is 0 Å². The first-order chi connectivity index (χ1) is 8.90. The van der Waals surface area contributed by atoms with Crippen LogP contribution in [0.4, 0.5) is 0 Å². The molecule has 1 saturated carbocycles. The Morgan fingerprint density at radius 2 is 1.94 bits per heavy atom. The van der Waals surface area contributed by atoms with Crippen molar-refractivity contribution < 1.29 is 0 Å². The molecule has 96 valence electrons. The Kier molecular flexibility index (Phi) is 3.37. The number of hydrogen-bond donors (Lipinski definition) is 1. The van der Waals surface area contributed by atoms with E-state index in [1.165, 1.54) is 42.3 Å². The molecule has 1 aliphatic carbocycles. The van der Waals surface area contributed by atoms with Gasteiger partial charge < -0.3 is 10.3 Å². The zero-order chi connectivity index (χ0) is 12.4. The Labute approximate surface area is 109 Å². The summed E-state index contributed by atoms with van der Waals surface area (Å²) in [7, 11) is 0. The van der Waals surface area contributed by atoms with Crippen LogP contribution in [-0.4, -0.2) is 11.1 Å². The monoisotopic (exact) mass is 242 g/mol. The molecular formula is C16H22N2. The molecule has 1 aromatic carbocycles. The highest BCUT2D eigenvalue weighted by Crippen LogP contribution is 2.35. The summed E-state index contributed by atoms with van der Waals surface area (Å²) >= 11 is 0. The Bertz CT molecular complexity index is 521. The normalized spacial score (nSPS) is 16.7. The molecule has 1 aromatic heterocycles. The van der Waals surface area contributed by atoms with E-state index in [0.29, 0.717) is 0 Å². The van der Waals surface area contributed by atoms with E-state index in [-0.39, 0.29) is 0 Å². The molecule has 0 spiro atoms. The molecule has 2 N–H and O–H groups in total. The molecule has 3 rings (SSSR count). The van der Waals surface area contributed by atoms with Crippen molar-refractivity contribution in [2.45, 2.75) is 44.6 Å². The third kappa shape index (κ3) is 2.05. The number of nitrogens with zero attached hydrogens (tertiary/aromatic N) is 1. The fourth-order valence-corrected chi connectivity index (χ4v) is 3.30. The average Bonchev–Trinajstić information content (AvgIpc) is 3.02. The summed E-state index contributed by atoms with van der Waals surface area (Å²) in [5.41, 5.74) is 8.56. The van der Waals surface area contributed by atoms with Gasteiger partial charge in [0.15, 0.2) is 0 Å². The number of rotatable bonds is 4. The van der Waals surface area contributed by atoms with Gasteiger partial charge in [-0.3, -0.25) is 0 Å². The molecule has 0 radical (unpaired) electrons. The third-order valence-electron chi connectivity index (χ3n) is 4.15. The smallest absolute Gasteiger partial charge is 0.0485 e. The minimum atomic E-state index is 0.720. The van der Waals surface area contributed by atoms with Gasteiger partial charge in [0.25, 0.3) is 0 Å². The molecule has 0 bridgehead atoms. The summed E-state index contributed by atoms with van der Waals surface area (Å²) in [6, 6.07) is 11.9. The number of aromatic nitrogens is 1. The van der Waals surface area contributed by atoms with E-state index in [1.807, 2.05) is 0 Å². The van der Waals surface area contributed by atoms with Gasteiger partial charge in [-0.15, -0.1) is 0 Å². The van der Waals surface area contributed by atoms with Crippen LogP contribution in [0.2, 0.25) is 0 Å². The maximum absolute atomic E-state index is 5.66. The molecule has 0 unspecified atom stereocenters. The topological polar surface area (TPSA) is 30.9 Å². The lowest BCUT2D eigenvalue weighted by atomic mass is 10.2. The van der Waals surface area contributed by atoms with E-state index in [2.05, 4.69) is 34.9 Å². The van der Waals surface area contributed by atoms with Crippen LogP contribution in [0.15, 0.2) is 30.3 Å². The number of aryl methyl sites for hydroxylation is 1. The second-order valence-electron chi connectivity index (χ2n) is 5.40. The van der Waals surface area contributed by atoms with Gasteiger partial charge in [0.1, 0.15) is 0 Å². The quantitative estimate of drug-likeness (QED) is 0.871. The van der Waals surface area contributed by atoms with E-state index < -0.39 is 0 Å². The first-order valence-corrected chi connectivity index (χ1v) is 7.19. The lowest BCUT2D eigenvalue weighted by Crippen LogP contribution is -2.10. The van der Waals surface area contributed by atoms with Gasteiger partial charge >= 0.3 is 0 Å². The largest absolute Gasteiger partial charge is 0.342 e. The maximum Gasteiger partial charge on any atom is 0.0485 e. The van der Waals surface area contributed by atoms with E-state index in [0.717, 1.165) is 25.4 Å². The average molecular weight is 242 g/mol. The summed E-state index contributed by atoms with van der Waals surface area (Å²) in [5.74, 6) is 0. The van der Waals surface area contributed by atoms with Crippen LogP contribution in [0.5, 0.6) is 0 Å². The Morgan fingerprint density at radius 1 is 1.17 bits per heavy atom. The second kappa shape index (κ2) is 5.15. The first-order valence-electron chi connectivity index (χ1n) is 7.19. The summed E-state index contributed by atoms with van der Waals surface area (Å²) in [6.07, 6.45) is 7.65. The molecule has 0 amide bonds. The van der Waals surface area contributed by atoms with Crippen LogP contribution < -0.4 is 5.73 Å². The second-order valence-corrected chi connectivity index (χ2v) is 5.40. The SMILES string of the molecule is NCCCc1cc2ccccc2n1C1CCCC1. The van der Waals surface area contributed by atoms with E-state index in [1.54, 1.807) is 0 Å². The van der Waals surface area contributed by atoms with Crippen molar-refractivity contribution in [3.8, 4) is 0 Å². The van der Waals surface area contributed by atoms with E-state index in [4.69, 9.17) is 5.73 Å². The summed E-state index contributed by atoms with van der Waals surface area (Å²) < 4.78 is 2.60. The molecule has 0 atom stereocenters. The summed E-state index contributed by atoms with van der Waals surface area (Å²) in [4.78, 5) is 0. The molecular weight excluding hydrogens is 220 g/mol. The molecule has 1 heterocycles. The van der Waals surface area contributed by atoms with Crippen molar-refractivity contribution in [3.63, 3.8) is 0 Å². The number of para-hydroxylation sites is 1. The summed E-state index contributed by atoms with van der Waals surface area (Å²) in [5, 5.41) is 1.39. The number of nitrogens with two attached hydrogens (primary N) is 1. The van der Waals surface area contributed by atoms with E-state index >= 15 is 0 Å². The zero-order valence-electron chi connectivity index (χ0n) is 10.9. The molecule has 1 fully saturated rings. The van der Waals surface area contributed by atoms with Crippen LogP contribution in [0, 0.1) is 0 Å². The molecule has 1 aliphatic rings. The molecule has 2 heteroatoms. The molecule has 0 aliphatic heterocycles. The third-order valence-corrected chi connectivity index (χ3v) is 4.15. The van der Waals surface area contributed by atoms with Gasteiger partial charge in [-0.25, -0.2) is 0 Å². The summed E-state index contributed by atoms with van der Waals surface area (Å²) in [6.45, 7) is 0.784. The van der Waals surface area contributed by atoms with Gasteiger partial charge in [-0.1, -0.05) is 31.0 Å². The Hall–Kier alpha value is -1.28. The van der Waals surface area contributed by atoms with Gasteiger partial charge in [-0.05, 0) is 49.7 Å². The lowest BCUT2D eigenvalue weighted by molar-refractivity contribution is 0.514. The number of hydrogen-bond acceptors (Lipinski definition) is 1. The standard InChI is InChI=1S/C16H22N2/c17-11-5-9-15-12-13-6-1-4-10-16(13)18(15)14-7-2-3-8-14/h1,4,6,10,12,14H,2-3,5,7-9,11,17H2. The Morgan fingerprint density at radius 3 is 2.72 bits per heavy atom. The molecule has 0 saturated heterocycles. The highest BCUT2D eigenvalue weighted by atomic mass is 15.0. The zero-order valence-corrected chi connectivity index (χ0v) is 10.9. The van der Waals surface area contributed by atoms with Crippen LogP contribution in [0.3, 0.4) is 0 Å². The predicted octanol–water partition coefficient (Wildman–Crippen LogP) is 3.65. The number of benzene rings is 1. The maximum atomic E-state index is 5.66. The van der Waals surface area contributed by atoms with Gasteiger partial charge in [0, 0.05) is 17.3 Å². The van der Waals surface area contributed by atoms with Crippen LogP contribution in [-0.2, 0) is 6.42 Å².